The predicted molar refractivity (Wildman–Crippen MR) is 87.9 cm³/mol. The van der Waals surface area contributed by atoms with E-state index in [1.165, 1.54) is 37.2 Å². The molecule has 114 valence electrons. The van der Waals surface area contributed by atoms with Crippen molar-refractivity contribution in [3.63, 3.8) is 0 Å². The molecule has 1 saturated carbocycles. The van der Waals surface area contributed by atoms with Crippen LogP contribution in [-0.2, 0) is 0 Å². The second-order valence-electron chi connectivity index (χ2n) is 5.73. The second kappa shape index (κ2) is 6.60. The van der Waals surface area contributed by atoms with Crippen LogP contribution < -0.4 is 0 Å². The van der Waals surface area contributed by atoms with Gasteiger partial charge in [-0.25, -0.2) is 0 Å². The van der Waals surface area contributed by atoms with Crippen LogP contribution in [0, 0.1) is 25.7 Å². The van der Waals surface area contributed by atoms with Crippen molar-refractivity contribution in [3.05, 3.63) is 34.4 Å². The molecule has 1 aromatic carbocycles. The summed E-state index contributed by atoms with van der Waals surface area (Å²) >= 11 is 2.50. The summed E-state index contributed by atoms with van der Waals surface area (Å²) < 4.78 is 37.5. The van der Waals surface area contributed by atoms with Crippen LogP contribution in [0.2, 0.25) is 0 Å². The van der Waals surface area contributed by atoms with E-state index in [0.29, 0.717) is 11.5 Å². The van der Waals surface area contributed by atoms with Gasteiger partial charge in [0.05, 0.1) is 0 Å². The molecule has 0 N–H and O–H groups in total. The molecule has 0 aromatic heterocycles. The maximum Gasteiger partial charge on any atom is 0.458 e. The van der Waals surface area contributed by atoms with Crippen molar-refractivity contribution in [2.75, 3.05) is 0 Å². The van der Waals surface area contributed by atoms with E-state index in [4.69, 9.17) is 0 Å². The number of aryl methyl sites for hydroxylation is 2. The molecule has 0 atom stereocenters. The number of halogens is 4. The first-order valence-electron chi connectivity index (χ1n) is 7.11. The molecule has 1 fully saturated rings. The third-order valence-electron chi connectivity index (χ3n) is 4.01. The quantitative estimate of drug-likeness (QED) is 0.320. The molecule has 0 amide bonds. The van der Waals surface area contributed by atoms with Crippen LogP contribution in [0.3, 0.4) is 0 Å². The molecular formula is C17H18F3I. The Bertz CT molecular complexity index is 547. The topological polar surface area (TPSA) is 0 Å². The van der Waals surface area contributed by atoms with E-state index >= 15 is 0 Å². The summed E-state index contributed by atoms with van der Waals surface area (Å²) in [5, 5.41) is 0. The molecule has 0 aliphatic heterocycles. The monoisotopic (exact) mass is 406 g/mol. The molecule has 4 heteroatoms. The zero-order valence-electron chi connectivity index (χ0n) is 12.1. The van der Waals surface area contributed by atoms with Crippen molar-refractivity contribution in [2.45, 2.75) is 55.5 Å². The summed E-state index contributed by atoms with van der Waals surface area (Å²) in [6.45, 7) is 3.70. The van der Waals surface area contributed by atoms with E-state index in [-0.39, 0.29) is 0 Å². The maximum absolute atomic E-state index is 12.2. The van der Waals surface area contributed by atoms with Gasteiger partial charge in [-0.05, 0) is 62.1 Å². The summed E-state index contributed by atoms with van der Waals surface area (Å²) in [6, 6.07) is 4.04. The van der Waals surface area contributed by atoms with Gasteiger partial charge < -0.3 is 0 Å². The standard InChI is InChI=1S/C17H18F3I/c1-11-9-14(13-3-5-15(21)6-4-13)10-12(2)16(11)7-8-17(18,19)20/h9-10,13,15H,3-6H2,1-2H3. The Morgan fingerprint density at radius 2 is 1.57 bits per heavy atom. The predicted octanol–water partition coefficient (Wildman–Crippen LogP) is 5.68. The van der Waals surface area contributed by atoms with Gasteiger partial charge >= 0.3 is 6.18 Å². The third kappa shape index (κ3) is 4.64. The molecule has 0 heterocycles. The van der Waals surface area contributed by atoms with Gasteiger partial charge in [0.1, 0.15) is 0 Å². The van der Waals surface area contributed by atoms with Crippen LogP contribution >= 0.6 is 22.6 Å². The second-order valence-corrected chi connectivity index (χ2v) is 7.49. The SMILES string of the molecule is Cc1cc(C2CCC(I)CC2)cc(C)c1C#CC(F)(F)F. The fourth-order valence-corrected chi connectivity index (χ4v) is 3.67. The third-order valence-corrected chi connectivity index (χ3v) is 5.26. The molecule has 1 aliphatic rings. The van der Waals surface area contributed by atoms with Crippen LogP contribution in [-0.4, -0.2) is 10.1 Å². The van der Waals surface area contributed by atoms with Gasteiger partial charge in [0.15, 0.2) is 0 Å². The van der Waals surface area contributed by atoms with Gasteiger partial charge in [-0.15, -0.1) is 0 Å². The molecule has 2 rings (SSSR count). The normalized spacial score (nSPS) is 22.6. The maximum atomic E-state index is 12.2. The summed E-state index contributed by atoms with van der Waals surface area (Å²) in [5.41, 5.74) is 3.46. The van der Waals surface area contributed by atoms with Crippen molar-refractivity contribution in [3.8, 4) is 11.8 Å². The average molecular weight is 406 g/mol. The summed E-state index contributed by atoms with van der Waals surface area (Å²) in [5.74, 6) is 4.20. The average Bonchev–Trinajstić information content (AvgIpc) is 2.37. The van der Waals surface area contributed by atoms with Crippen LogP contribution in [0.1, 0.15) is 53.9 Å². The lowest BCUT2D eigenvalue weighted by Crippen LogP contribution is -2.13. The Kier molecular flexibility index (Phi) is 5.24. The van der Waals surface area contributed by atoms with Crippen LogP contribution in [0.15, 0.2) is 12.1 Å². The molecule has 0 unspecified atom stereocenters. The first kappa shape index (κ1) is 16.7. The smallest absolute Gasteiger partial charge is 0.159 e. The van der Waals surface area contributed by atoms with Crippen molar-refractivity contribution in [1.29, 1.82) is 0 Å². The molecule has 21 heavy (non-hydrogen) atoms. The molecule has 0 bridgehead atoms. The highest BCUT2D eigenvalue weighted by molar-refractivity contribution is 14.1. The Balaban J connectivity index is 2.26. The lowest BCUT2D eigenvalue weighted by molar-refractivity contribution is -0.0696. The highest BCUT2D eigenvalue weighted by Gasteiger charge is 2.24. The lowest BCUT2D eigenvalue weighted by Gasteiger charge is -2.26. The molecule has 0 radical (unpaired) electrons. The Morgan fingerprint density at radius 1 is 1.05 bits per heavy atom. The number of hydrogen-bond donors (Lipinski definition) is 0. The van der Waals surface area contributed by atoms with Gasteiger partial charge in [0.2, 0.25) is 0 Å². The minimum Gasteiger partial charge on any atom is -0.159 e. The van der Waals surface area contributed by atoms with Crippen LogP contribution in [0.4, 0.5) is 13.2 Å². The fraction of sp³-hybridized carbons (Fsp3) is 0.529. The van der Waals surface area contributed by atoms with E-state index in [1.54, 1.807) is 0 Å². The zero-order chi connectivity index (χ0) is 15.6. The van der Waals surface area contributed by atoms with E-state index < -0.39 is 6.18 Å². The van der Waals surface area contributed by atoms with Gasteiger partial charge in [-0.2, -0.15) is 13.2 Å². The molecule has 1 aromatic rings. The Morgan fingerprint density at radius 3 is 2.05 bits per heavy atom. The number of alkyl halides is 4. The number of hydrogen-bond acceptors (Lipinski definition) is 0. The van der Waals surface area contributed by atoms with Crippen molar-refractivity contribution < 1.29 is 13.2 Å². The van der Waals surface area contributed by atoms with Crippen LogP contribution in [0.5, 0.6) is 0 Å². The van der Waals surface area contributed by atoms with E-state index in [2.05, 4.69) is 28.5 Å². The molecular weight excluding hydrogens is 388 g/mol. The first-order chi connectivity index (χ1) is 9.76. The first-order valence-corrected chi connectivity index (χ1v) is 8.36. The highest BCUT2D eigenvalue weighted by atomic mass is 127. The molecule has 0 nitrogen and oxygen atoms in total. The van der Waals surface area contributed by atoms with E-state index in [1.807, 2.05) is 26.0 Å². The molecule has 0 spiro atoms. The minimum absolute atomic E-state index is 0.513. The van der Waals surface area contributed by atoms with Crippen LogP contribution in [0.25, 0.3) is 0 Å². The van der Waals surface area contributed by atoms with E-state index in [0.717, 1.165) is 15.1 Å². The number of benzene rings is 1. The molecule has 1 aliphatic carbocycles. The Hall–Kier alpha value is -0.700. The zero-order valence-corrected chi connectivity index (χ0v) is 14.3. The van der Waals surface area contributed by atoms with Gasteiger partial charge in [0, 0.05) is 15.4 Å². The molecule has 0 saturated heterocycles. The highest BCUT2D eigenvalue weighted by Crippen LogP contribution is 2.36. The van der Waals surface area contributed by atoms with Gasteiger partial charge in [-0.1, -0.05) is 40.6 Å². The van der Waals surface area contributed by atoms with Crippen molar-refractivity contribution >= 4 is 22.6 Å². The van der Waals surface area contributed by atoms with Crippen molar-refractivity contribution in [2.24, 2.45) is 0 Å². The summed E-state index contributed by atoms with van der Waals surface area (Å²) in [7, 11) is 0. The fourth-order valence-electron chi connectivity index (χ4n) is 2.95. The van der Waals surface area contributed by atoms with Gasteiger partial charge in [0.25, 0.3) is 0 Å². The van der Waals surface area contributed by atoms with E-state index in [9.17, 15) is 13.2 Å². The lowest BCUT2D eigenvalue weighted by atomic mass is 9.82. The number of rotatable bonds is 1. The summed E-state index contributed by atoms with van der Waals surface area (Å²) in [4.78, 5) is 0. The largest absolute Gasteiger partial charge is 0.458 e. The summed E-state index contributed by atoms with van der Waals surface area (Å²) in [6.07, 6.45) is 0.342. The van der Waals surface area contributed by atoms with Crippen molar-refractivity contribution in [1.82, 2.24) is 0 Å². The van der Waals surface area contributed by atoms with Gasteiger partial charge in [-0.3, -0.25) is 0 Å². The minimum atomic E-state index is -4.43. The Labute approximate surface area is 137 Å².